The molecular weight excluding hydrogens is 570 g/mol. The van der Waals surface area contributed by atoms with E-state index in [2.05, 4.69) is 14.8 Å². The van der Waals surface area contributed by atoms with Gasteiger partial charge in [0.25, 0.3) is 26.0 Å². The fourth-order valence-electron chi connectivity index (χ4n) is 3.84. The average molecular weight is 598 g/mol. The Bertz CT molecular complexity index is 1820. The molecule has 0 spiro atoms. The van der Waals surface area contributed by atoms with Crippen LogP contribution in [0.3, 0.4) is 0 Å². The average Bonchev–Trinajstić information content (AvgIpc) is 2.88. The number of carbonyl (C=O) groups excluding carboxylic acids is 1. The summed E-state index contributed by atoms with van der Waals surface area (Å²) in [7, 11) is -7.95. The zero-order chi connectivity index (χ0) is 29.2. The van der Waals surface area contributed by atoms with Crippen LogP contribution in [-0.4, -0.2) is 22.7 Å². The van der Waals surface area contributed by atoms with Gasteiger partial charge in [-0.2, -0.15) is 0 Å². The van der Waals surface area contributed by atoms with Crippen LogP contribution in [0.5, 0.6) is 0 Å². The van der Waals surface area contributed by atoms with Gasteiger partial charge in [-0.1, -0.05) is 29.8 Å². The van der Waals surface area contributed by atoms with Crippen LogP contribution >= 0.6 is 11.6 Å². The second-order valence-electron chi connectivity index (χ2n) is 9.45. The Morgan fingerprint density at radius 2 is 1.30 bits per heavy atom. The van der Waals surface area contributed by atoms with Crippen LogP contribution in [0.4, 0.5) is 17.1 Å². The lowest BCUT2D eigenvalue weighted by Crippen LogP contribution is -2.17. The van der Waals surface area contributed by atoms with E-state index in [1.54, 1.807) is 24.3 Å². The fourth-order valence-corrected chi connectivity index (χ4v) is 6.53. The molecule has 4 aromatic rings. The van der Waals surface area contributed by atoms with E-state index in [0.717, 1.165) is 22.3 Å². The van der Waals surface area contributed by atoms with Gasteiger partial charge in [0, 0.05) is 16.9 Å². The van der Waals surface area contributed by atoms with Crippen molar-refractivity contribution in [2.75, 3.05) is 14.8 Å². The first-order valence-corrected chi connectivity index (χ1v) is 15.5. The molecule has 4 rings (SSSR count). The minimum Gasteiger partial charge on any atom is -0.322 e. The lowest BCUT2D eigenvalue weighted by atomic mass is 10.1. The Morgan fingerprint density at radius 3 is 1.98 bits per heavy atom. The molecule has 0 fully saturated rings. The third-order valence-electron chi connectivity index (χ3n) is 6.30. The first-order valence-electron chi connectivity index (χ1n) is 12.2. The first-order chi connectivity index (χ1) is 18.7. The van der Waals surface area contributed by atoms with Gasteiger partial charge in [-0.25, -0.2) is 16.8 Å². The highest BCUT2D eigenvalue weighted by molar-refractivity contribution is 7.93. The maximum Gasteiger partial charge on any atom is 0.263 e. The Labute approximate surface area is 239 Å². The number of nitrogens with one attached hydrogen (secondary N) is 3. The topological polar surface area (TPSA) is 121 Å². The van der Waals surface area contributed by atoms with Gasteiger partial charge in [0.15, 0.2) is 0 Å². The van der Waals surface area contributed by atoms with Gasteiger partial charge in [0.2, 0.25) is 0 Å². The predicted molar refractivity (Wildman–Crippen MR) is 159 cm³/mol. The summed E-state index contributed by atoms with van der Waals surface area (Å²) in [5, 5.41) is 2.61. The van der Waals surface area contributed by atoms with E-state index >= 15 is 0 Å². The minimum absolute atomic E-state index is 0.0173. The van der Waals surface area contributed by atoms with Gasteiger partial charge in [0.05, 0.1) is 15.6 Å². The summed E-state index contributed by atoms with van der Waals surface area (Å²) < 4.78 is 57.0. The summed E-state index contributed by atoms with van der Waals surface area (Å²) in [6.07, 6.45) is 0. The molecule has 4 aromatic carbocycles. The Hall–Kier alpha value is -3.86. The van der Waals surface area contributed by atoms with Crippen LogP contribution in [0, 0.1) is 27.7 Å². The van der Waals surface area contributed by atoms with E-state index < -0.39 is 26.0 Å². The van der Waals surface area contributed by atoms with Crippen LogP contribution in [0.2, 0.25) is 5.02 Å². The largest absolute Gasteiger partial charge is 0.322 e. The summed E-state index contributed by atoms with van der Waals surface area (Å²) in [5.74, 6) is -0.594. The van der Waals surface area contributed by atoms with Crippen molar-refractivity contribution < 1.29 is 21.6 Å². The maximum atomic E-state index is 13.1. The number of hydrogen-bond acceptors (Lipinski definition) is 5. The van der Waals surface area contributed by atoms with E-state index in [-0.39, 0.29) is 20.4 Å². The van der Waals surface area contributed by atoms with E-state index in [9.17, 15) is 21.6 Å². The third kappa shape index (κ3) is 6.64. The van der Waals surface area contributed by atoms with Crippen LogP contribution in [0.1, 0.15) is 32.6 Å². The molecule has 1 amide bonds. The van der Waals surface area contributed by atoms with Crippen LogP contribution in [0.25, 0.3) is 0 Å². The van der Waals surface area contributed by atoms with Crippen molar-refractivity contribution >= 4 is 54.6 Å². The van der Waals surface area contributed by atoms with Crippen molar-refractivity contribution in [3.63, 3.8) is 0 Å². The number of sulfonamides is 2. The van der Waals surface area contributed by atoms with Gasteiger partial charge in [-0.15, -0.1) is 0 Å². The molecular formula is C29H28ClN3O5S2. The molecule has 0 unspecified atom stereocenters. The number of anilines is 3. The Balaban J connectivity index is 1.51. The van der Waals surface area contributed by atoms with Crippen molar-refractivity contribution in [2.24, 2.45) is 0 Å². The summed E-state index contributed by atoms with van der Waals surface area (Å²) in [6, 6.07) is 20.2. The third-order valence-corrected chi connectivity index (χ3v) is 9.55. The summed E-state index contributed by atoms with van der Waals surface area (Å²) in [6.45, 7) is 7.47. The van der Waals surface area contributed by atoms with E-state index in [1.807, 2.05) is 39.8 Å². The second kappa shape index (κ2) is 11.3. The molecule has 0 heterocycles. The molecule has 0 aliphatic carbocycles. The molecule has 0 saturated heterocycles. The van der Waals surface area contributed by atoms with Crippen LogP contribution in [-0.2, 0) is 20.0 Å². The smallest absolute Gasteiger partial charge is 0.263 e. The van der Waals surface area contributed by atoms with Gasteiger partial charge in [-0.3, -0.25) is 14.2 Å². The fraction of sp³-hybridized carbons (Fsp3) is 0.138. The van der Waals surface area contributed by atoms with E-state index in [4.69, 9.17) is 11.6 Å². The summed E-state index contributed by atoms with van der Waals surface area (Å²) in [5.41, 5.74) is 4.87. The molecule has 40 heavy (non-hydrogen) atoms. The van der Waals surface area contributed by atoms with E-state index in [0.29, 0.717) is 17.1 Å². The molecule has 0 aromatic heterocycles. The zero-order valence-corrected chi connectivity index (χ0v) is 24.6. The highest BCUT2D eigenvalue weighted by Crippen LogP contribution is 2.27. The number of amides is 1. The van der Waals surface area contributed by atoms with Crippen molar-refractivity contribution in [3.8, 4) is 0 Å². The number of rotatable bonds is 8. The van der Waals surface area contributed by atoms with Crippen molar-refractivity contribution in [1.29, 1.82) is 0 Å². The van der Waals surface area contributed by atoms with Crippen molar-refractivity contribution in [3.05, 3.63) is 112 Å². The first kappa shape index (κ1) is 29.1. The monoisotopic (exact) mass is 597 g/mol. The predicted octanol–water partition coefficient (Wildman–Crippen LogP) is 6.43. The lowest BCUT2D eigenvalue weighted by molar-refractivity contribution is 0.102. The number of carbonyl (C=O) groups is 1. The highest BCUT2D eigenvalue weighted by Gasteiger charge is 2.21. The second-order valence-corrected chi connectivity index (χ2v) is 13.2. The molecule has 0 bridgehead atoms. The van der Waals surface area contributed by atoms with Crippen LogP contribution < -0.4 is 14.8 Å². The molecule has 0 atom stereocenters. The number of aryl methyl sites for hydroxylation is 4. The SMILES string of the molecule is Cc1ccc(C)c(NS(=O)(=O)c2ccc(NC(=O)c3ccc(Cl)c(S(=O)(=O)Nc4ccc(C)c(C)c4)c3)cc2)c1. The highest BCUT2D eigenvalue weighted by atomic mass is 35.5. The number of halogens is 1. The minimum atomic E-state index is -4.09. The maximum absolute atomic E-state index is 13.1. The van der Waals surface area contributed by atoms with Crippen molar-refractivity contribution in [2.45, 2.75) is 37.5 Å². The van der Waals surface area contributed by atoms with Gasteiger partial charge >= 0.3 is 0 Å². The molecule has 3 N–H and O–H groups in total. The van der Waals surface area contributed by atoms with Crippen LogP contribution in [0.15, 0.2) is 88.7 Å². The number of hydrogen-bond donors (Lipinski definition) is 3. The Morgan fingerprint density at radius 1 is 0.650 bits per heavy atom. The summed E-state index contributed by atoms with van der Waals surface area (Å²) >= 11 is 6.19. The lowest BCUT2D eigenvalue weighted by Gasteiger charge is -2.13. The quantitative estimate of drug-likeness (QED) is 0.216. The van der Waals surface area contributed by atoms with Gasteiger partial charge < -0.3 is 5.32 Å². The normalized spacial score (nSPS) is 11.6. The molecule has 0 saturated carbocycles. The van der Waals surface area contributed by atoms with Gasteiger partial charge in [-0.05, 0) is 111 Å². The molecule has 0 radical (unpaired) electrons. The van der Waals surface area contributed by atoms with Gasteiger partial charge in [0.1, 0.15) is 4.90 Å². The molecule has 0 aliphatic rings. The molecule has 0 aliphatic heterocycles. The standard InChI is InChI=1S/C29H28ClN3O5S2/c1-18-5-6-20(3)27(15-18)33-39(35,36)25-12-10-23(11-13-25)31-29(34)22-8-14-26(30)28(17-22)40(37,38)32-24-9-7-19(2)21(4)16-24/h5-17,32-33H,1-4H3,(H,31,34). The molecule has 11 heteroatoms. The van der Waals surface area contributed by atoms with Crippen molar-refractivity contribution in [1.82, 2.24) is 0 Å². The molecule has 208 valence electrons. The summed E-state index contributed by atoms with van der Waals surface area (Å²) in [4.78, 5) is 12.7. The van der Waals surface area contributed by atoms with E-state index in [1.165, 1.54) is 42.5 Å². The molecule has 8 nitrogen and oxygen atoms in total. The Kier molecular flexibility index (Phi) is 8.25. The number of benzene rings is 4. The zero-order valence-electron chi connectivity index (χ0n) is 22.2.